The van der Waals surface area contributed by atoms with Crippen molar-refractivity contribution in [2.75, 3.05) is 6.61 Å². The predicted molar refractivity (Wildman–Crippen MR) is 58.9 cm³/mol. The van der Waals surface area contributed by atoms with E-state index >= 15 is 0 Å². The molecule has 14 heavy (non-hydrogen) atoms. The van der Waals surface area contributed by atoms with Crippen LogP contribution in [0.15, 0.2) is 6.33 Å². The molecule has 80 valence electrons. The number of ether oxygens (including phenoxy) is 1. The van der Waals surface area contributed by atoms with Crippen molar-refractivity contribution in [1.29, 1.82) is 0 Å². The van der Waals surface area contributed by atoms with Crippen molar-refractivity contribution in [3.63, 3.8) is 0 Å². The first-order valence-electron chi connectivity index (χ1n) is 4.91. The quantitative estimate of drug-likeness (QED) is 0.554. The van der Waals surface area contributed by atoms with Crippen molar-refractivity contribution in [3.8, 4) is 0 Å². The highest BCUT2D eigenvalue weighted by Gasteiger charge is 2.12. The van der Waals surface area contributed by atoms with Gasteiger partial charge in [0.1, 0.15) is 18.9 Å². The van der Waals surface area contributed by atoms with Gasteiger partial charge in [-0.3, -0.25) is 0 Å². The van der Waals surface area contributed by atoms with Crippen LogP contribution in [-0.2, 0) is 11.5 Å². The van der Waals surface area contributed by atoms with Gasteiger partial charge in [-0.15, -0.1) is 0 Å². The summed E-state index contributed by atoms with van der Waals surface area (Å²) in [5, 5.41) is 4.04. The monoisotopic (exact) mass is 213 g/mol. The van der Waals surface area contributed by atoms with Gasteiger partial charge in [0.15, 0.2) is 0 Å². The lowest BCUT2D eigenvalue weighted by molar-refractivity contribution is 0.0768. The smallest absolute Gasteiger partial charge is 0.141 e. The van der Waals surface area contributed by atoms with Crippen LogP contribution in [0.4, 0.5) is 0 Å². The summed E-state index contributed by atoms with van der Waals surface area (Å²) < 4.78 is 7.30. The predicted octanol–water partition coefficient (Wildman–Crippen LogP) is 1.90. The summed E-state index contributed by atoms with van der Waals surface area (Å²) in [4.78, 5) is 4.02. The highest BCUT2D eigenvalue weighted by molar-refractivity contribution is 6.76. The molecule has 0 unspecified atom stereocenters. The summed E-state index contributed by atoms with van der Waals surface area (Å²) in [6, 6.07) is 1.20. The zero-order chi connectivity index (χ0) is 10.6. The van der Waals surface area contributed by atoms with Crippen molar-refractivity contribution in [2.24, 2.45) is 0 Å². The summed E-state index contributed by atoms with van der Waals surface area (Å²) in [5.74, 6) is 0.901. The van der Waals surface area contributed by atoms with E-state index in [2.05, 4.69) is 29.7 Å². The first-order valence-corrected chi connectivity index (χ1v) is 8.62. The third kappa shape index (κ3) is 4.02. The minimum absolute atomic E-state index is 0.524. The Labute approximate surface area is 86.3 Å². The van der Waals surface area contributed by atoms with Crippen LogP contribution in [0, 0.1) is 6.92 Å². The Morgan fingerprint density at radius 1 is 1.43 bits per heavy atom. The molecule has 5 heteroatoms. The summed E-state index contributed by atoms with van der Waals surface area (Å²) in [7, 11) is -0.963. The van der Waals surface area contributed by atoms with Crippen molar-refractivity contribution in [2.45, 2.75) is 39.3 Å². The van der Waals surface area contributed by atoms with Gasteiger partial charge in [0.2, 0.25) is 0 Å². The third-order valence-corrected chi connectivity index (χ3v) is 3.72. The molecule has 0 spiro atoms. The van der Waals surface area contributed by atoms with E-state index in [1.54, 1.807) is 11.0 Å². The molecule has 0 saturated carbocycles. The molecular weight excluding hydrogens is 194 g/mol. The molecule has 0 fully saturated rings. The normalized spacial score (nSPS) is 12.0. The van der Waals surface area contributed by atoms with Crippen LogP contribution in [0.25, 0.3) is 0 Å². The summed E-state index contributed by atoms with van der Waals surface area (Å²) in [6.45, 7) is 10.3. The topological polar surface area (TPSA) is 39.9 Å². The van der Waals surface area contributed by atoms with Gasteiger partial charge in [-0.05, 0) is 13.0 Å². The molecular formula is C9H19N3OSi. The molecule has 4 nitrogen and oxygen atoms in total. The molecule has 0 radical (unpaired) electrons. The number of aryl methyl sites for hydroxylation is 1. The van der Waals surface area contributed by atoms with Crippen LogP contribution in [0.1, 0.15) is 5.82 Å². The van der Waals surface area contributed by atoms with E-state index in [0.29, 0.717) is 6.73 Å². The van der Waals surface area contributed by atoms with Crippen LogP contribution in [0.3, 0.4) is 0 Å². The zero-order valence-corrected chi connectivity index (χ0v) is 10.4. The first kappa shape index (κ1) is 11.4. The molecule has 0 aliphatic rings. The SMILES string of the molecule is Cc1ncnn1COCC[Si](C)(C)C. The summed E-state index contributed by atoms with van der Waals surface area (Å²) in [5.41, 5.74) is 0. The van der Waals surface area contributed by atoms with Crippen LogP contribution in [-0.4, -0.2) is 29.4 Å². The molecule has 0 saturated heterocycles. The Balaban J connectivity index is 2.20. The molecule has 0 bridgehead atoms. The maximum absolute atomic E-state index is 5.53. The average molecular weight is 213 g/mol. The lowest BCUT2D eigenvalue weighted by atomic mass is 10.7. The zero-order valence-electron chi connectivity index (χ0n) is 9.45. The Bertz CT molecular complexity index is 280. The largest absolute Gasteiger partial charge is 0.359 e. The van der Waals surface area contributed by atoms with Gasteiger partial charge in [0.25, 0.3) is 0 Å². The summed E-state index contributed by atoms with van der Waals surface area (Å²) in [6.07, 6.45) is 1.55. The fraction of sp³-hybridized carbons (Fsp3) is 0.778. The molecule has 1 aromatic rings. The number of hydrogen-bond donors (Lipinski definition) is 0. The van der Waals surface area contributed by atoms with E-state index in [-0.39, 0.29) is 0 Å². The fourth-order valence-electron chi connectivity index (χ4n) is 0.978. The molecule has 0 atom stereocenters. The van der Waals surface area contributed by atoms with E-state index in [1.165, 1.54) is 6.04 Å². The van der Waals surface area contributed by atoms with Gasteiger partial charge in [-0.2, -0.15) is 5.10 Å². The van der Waals surface area contributed by atoms with Gasteiger partial charge >= 0.3 is 0 Å². The van der Waals surface area contributed by atoms with Gasteiger partial charge in [-0.1, -0.05) is 19.6 Å². The van der Waals surface area contributed by atoms with Gasteiger partial charge in [0.05, 0.1) is 0 Å². The average Bonchev–Trinajstić information content (AvgIpc) is 2.44. The number of nitrogens with zero attached hydrogens (tertiary/aromatic N) is 3. The molecule has 0 aromatic carbocycles. The number of aromatic nitrogens is 3. The maximum Gasteiger partial charge on any atom is 0.141 e. The summed E-state index contributed by atoms with van der Waals surface area (Å²) >= 11 is 0. The third-order valence-electron chi connectivity index (χ3n) is 2.02. The van der Waals surface area contributed by atoms with Crippen molar-refractivity contribution in [1.82, 2.24) is 14.8 Å². The Kier molecular flexibility index (Phi) is 3.83. The van der Waals surface area contributed by atoms with Crippen LogP contribution in [0.2, 0.25) is 25.7 Å². The molecule has 1 aromatic heterocycles. The highest BCUT2D eigenvalue weighted by Crippen LogP contribution is 2.07. The molecule has 0 amide bonds. The minimum Gasteiger partial charge on any atom is -0.359 e. The van der Waals surface area contributed by atoms with E-state index in [4.69, 9.17) is 4.74 Å². The highest BCUT2D eigenvalue weighted by atomic mass is 28.3. The van der Waals surface area contributed by atoms with Crippen LogP contribution < -0.4 is 0 Å². The first-order chi connectivity index (χ1) is 6.49. The van der Waals surface area contributed by atoms with E-state index < -0.39 is 8.07 Å². The lowest BCUT2D eigenvalue weighted by Gasteiger charge is -2.15. The van der Waals surface area contributed by atoms with Crippen LogP contribution >= 0.6 is 0 Å². The Hall–Kier alpha value is -0.683. The van der Waals surface area contributed by atoms with Crippen molar-refractivity contribution in [3.05, 3.63) is 12.2 Å². The molecule has 0 aliphatic carbocycles. The second-order valence-corrected chi connectivity index (χ2v) is 10.3. The number of rotatable bonds is 5. The molecule has 1 heterocycles. The van der Waals surface area contributed by atoms with Crippen LogP contribution in [0.5, 0.6) is 0 Å². The second-order valence-electron chi connectivity index (χ2n) is 4.65. The molecule has 1 rings (SSSR count). The van der Waals surface area contributed by atoms with Gasteiger partial charge in [-0.25, -0.2) is 9.67 Å². The van der Waals surface area contributed by atoms with E-state index in [9.17, 15) is 0 Å². The van der Waals surface area contributed by atoms with E-state index in [1.807, 2.05) is 6.92 Å². The molecule has 0 aliphatic heterocycles. The standard InChI is InChI=1S/C9H19N3OSi/c1-9-10-7-11-12(9)8-13-5-6-14(2,3)4/h7H,5-6,8H2,1-4H3. The second kappa shape index (κ2) is 4.70. The molecule has 0 N–H and O–H groups in total. The van der Waals surface area contributed by atoms with Gasteiger partial charge < -0.3 is 4.74 Å². The van der Waals surface area contributed by atoms with Crippen molar-refractivity contribution < 1.29 is 4.74 Å². The van der Waals surface area contributed by atoms with Gasteiger partial charge in [0, 0.05) is 14.7 Å². The fourth-order valence-corrected chi connectivity index (χ4v) is 1.73. The van der Waals surface area contributed by atoms with Crippen molar-refractivity contribution >= 4 is 8.07 Å². The lowest BCUT2D eigenvalue weighted by Crippen LogP contribution is -2.22. The maximum atomic E-state index is 5.53. The number of hydrogen-bond acceptors (Lipinski definition) is 3. The minimum atomic E-state index is -0.963. The Morgan fingerprint density at radius 2 is 2.14 bits per heavy atom. The Morgan fingerprint density at radius 3 is 2.64 bits per heavy atom. The van der Waals surface area contributed by atoms with E-state index in [0.717, 1.165) is 12.4 Å².